The van der Waals surface area contributed by atoms with Crippen LogP contribution in [0.5, 0.6) is 0 Å². The Bertz CT molecular complexity index is 454. The van der Waals surface area contributed by atoms with Crippen molar-refractivity contribution in [1.29, 1.82) is 0 Å². The Morgan fingerprint density at radius 3 is 1.48 bits per heavy atom. The SMILES string of the molecule is CN(C)CC=CC(CC=CC[N+](CCO)(CCO)CCO)[N+](CCO)(CCO)CCO. The third-order valence-corrected chi connectivity index (χ3v) is 5.93. The Morgan fingerprint density at radius 1 is 0.645 bits per heavy atom. The van der Waals surface area contributed by atoms with Crippen molar-refractivity contribution in [3.05, 3.63) is 24.3 Å². The van der Waals surface area contributed by atoms with Crippen LogP contribution in [0.3, 0.4) is 0 Å². The zero-order chi connectivity index (χ0) is 23.6. The molecule has 1 atom stereocenters. The number of nitrogens with zero attached hydrogens (tertiary/aromatic N) is 3. The van der Waals surface area contributed by atoms with E-state index >= 15 is 0 Å². The lowest BCUT2D eigenvalue weighted by molar-refractivity contribution is -0.945. The molecule has 0 aliphatic heterocycles. The number of rotatable bonds is 20. The van der Waals surface area contributed by atoms with Gasteiger partial charge in [-0.05, 0) is 26.2 Å². The summed E-state index contributed by atoms with van der Waals surface area (Å²) in [7, 11) is 3.97. The summed E-state index contributed by atoms with van der Waals surface area (Å²) < 4.78 is 0.798. The highest BCUT2D eigenvalue weighted by molar-refractivity contribution is 4.97. The molecule has 0 aliphatic rings. The van der Waals surface area contributed by atoms with Crippen molar-refractivity contribution in [3.63, 3.8) is 0 Å². The molecule has 9 nitrogen and oxygen atoms in total. The zero-order valence-electron chi connectivity index (χ0n) is 19.5. The van der Waals surface area contributed by atoms with E-state index in [9.17, 15) is 30.6 Å². The minimum absolute atomic E-state index is 0.0206. The lowest BCUT2D eigenvalue weighted by Gasteiger charge is -2.43. The maximum Gasteiger partial charge on any atom is 0.111 e. The molecule has 0 aromatic rings. The molecule has 184 valence electrons. The third kappa shape index (κ3) is 11.5. The van der Waals surface area contributed by atoms with E-state index in [1.807, 2.05) is 31.1 Å². The first kappa shape index (κ1) is 30.1. The van der Waals surface area contributed by atoms with Crippen LogP contribution in [0.25, 0.3) is 0 Å². The maximum absolute atomic E-state index is 9.67. The van der Waals surface area contributed by atoms with E-state index in [-0.39, 0.29) is 45.7 Å². The van der Waals surface area contributed by atoms with Gasteiger partial charge in [-0.25, -0.2) is 0 Å². The van der Waals surface area contributed by atoms with Gasteiger partial charge in [0.2, 0.25) is 0 Å². The van der Waals surface area contributed by atoms with Crippen molar-refractivity contribution in [2.45, 2.75) is 12.5 Å². The second-order valence-corrected chi connectivity index (χ2v) is 8.39. The van der Waals surface area contributed by atoms with Crippen LogP contribution in [0.2, 0.25) is 0 Å². The van der Waals surface area contributed by atoms with Gasteiger partial charge in [-0.1, -0.05) is 12.2 Å². The summed E-state index contributed by atoms with van der Waals surface area (Å²) in [6.45, 7) is 3.85. The second-order valence-electron chi connectivity index (χ2n) is 8.39. The van der Waals surface area contributed by atoms with Crippen molar-refractivity contribution in [2.24, 2.45) is 0 Å². The monoisotopic (exact) mass is 449 g/mol. The molecule has 6 N–H and O–H groups in total. The molecule has 0 spiro atoms. The predicted octanol–water partition coefficient (Wildman–Crippen LogP) is -1.99. The van der Waals surface area contributed by atoms with Gasteiger partial charge in [-0.3, -0.25) is 0 Å². The molecular weight excluding hydrogens is 402 g/mol. The van der Waals surface area contributed by atoms with Gasteiger partial charge in [-0.2, -0.15) is 0 Å². The molecule has 0 amide bonds. The Balaban J connectivity index is 5.60. The predicted molar refractivity (Wildman–Crippen MR) is 122 cm³/mol. The Labute approximate surface area is 187 Å². The summed E-state index contributed by atoms with van der Waals surface area (Å²) >= 11 is 0. The maximum atomic E-state index is 9.67. The summed E-state index contributed by atoms with van der Waals surface area (Å²) in [6.07, 6.45) is 8.88. The normalized spacial score (nSPS) is 14.4. The third-order valence-electron chi connectivity index (χ3n) is 5.93. The number of aliphatic hydroxyl groups is 6. The van der Waals surface area contributed by atoms with Crippen LogP contribution in [-0.4, -0.2) is 157 Å². The van der Waals surface area contributed by atoms with E-state index in [0.717, 1.165) is 6.54 Å². The van der Waals surface area contributed by atoms with Crippen molar-refractivity contribution in [1.82, 2.24) is 4.90 Å². The Kier molecular flexibility index (Phi) is 17.1. The van der Waals surface area contributed by atoms with Crippen LogP contribution in [0.1, 0.15) is 6.42 Å². The minimum Gasteiger partial charge on any atom is -0.391 e. The molecule has 0 radical (unpaired) electrons. The van der Waals surface area contributed by atoms with Crippen LogP contribution in [0, 0.1) is 0 Å². The van der Waals surface area contributed by atoms with E-state index in [0.29, 0.717) is 61.2 Å². The highest BCUT2D eigenvalue weighted by Gasteiger charge is 2.33. The molecule has 0 aliphatic carbocycles. The average molecular weight is 450 g/mol. The van der Waals surface area contributed by atoms with Crippen molar-refractivity contribution in [2.75, 3.05) is 106 Å². The van der Waals surface area contributed by atoms with E-state index in [4.69, 9.17) is 0 Å². The van der Waals surface area contributed by atoms with Crippen molar-refractivity contribution >= 4 is 0 Å². The topological polar surface area (TPSA) is 125 Å². The Morgan fingerprint density at radius 2 is 1.10 bits per heavy atom. The van der Waals surface area contributed by atoms with Gasteiger partial charge in [0.15, 0.2) is 0 Å². The summed E-state index contributed by atoms with van der Waals surface area (Å²) in [6, 6.07) is -0.0296. The summed E-state index contributed by atoms with van der Waals surface area (Å²) in [4.78, 5) is 2.05. The first-order valence-electron chi connectivity index (χ1n) is 11.2. The molecule has 0 fully saturated rings. The van der Waals surface area contributed by atoms with Crippen molar-refractivity contribution < 1.29 is 39.6 Å². The largest absolute Gasteiger partial charge is 0.391 e. The fourth-order valence-corrected chi connectivity index (χ4v) is 4.12. The minimum atomic E-state index is -0.0365. The van der Waals surface area contributed by atoms with Gasteiger partial charge in [0.25, 0.3) is 0 Å². The molecule has 9 heteroatoms. The summed E-state index contributed by atoms with van der Waals surface area (Å²) in [5.41, 5.74) is 0. The van der Waals surface area contributed by atoms with Gasteiger partial charge in [0.1, 0.15) is 45.3 Å². The lowest BCUT2D eigenvalue weighted by atomic mass is 10.1. The van der Waals surface area contributed by atoms with Gasteiger partial charge in [0.05, 0.1) is 46.2 Å². The molecule has 0 heterocycles. The van der Waals surface area contributed by atoms with Gasteiger partial charge in [-0.15, -0.1) is 0 Å². The molecular formula is C22H47N3O6+2. The van der Waals surface area contributed by atoms with Gasteiger partial charge >= 0.3 is 0 Å². The molecule has 0 bridgehead atoms. The fraction of sp³-hybridized carbons (Fsp3) is 0.818. The molecule has 0 aromatic carbocycles. The smallest absolute Gasteiger partial charge is 0.111 e. The zero-order valence-corrected chi connectivity index (χ0v) is 19.5. The van der Waals surface area contributed by atoms with E-state index in [1.54, 1.807) is 0 Å². The number of hydrogen-bond donors (Lipinski definition) is 6. The lowest BCUT2D eigenvalue weighted by Crippen LogP contribution is -2.59. The first-order chi connectivity index (χ1) is 14.9. The van der Waals surface area contributed by atoms with E-state index < -0.39 is 0 Å². The number of aliphatic hydroxyl groups excluding tert-OH is 6. The molecule has 0 saturated heterocycles. The first-order valence-corrected chi connectivity index (χ1v) is 11.2. The van der Waals surface area contributed by atoms with E-state index in [1.165, 1.54) is 0 Å². The number of likely N-dealkylation sites (N-methyl/N-ethyl adjacent to an activating group) is 1. The molecule has 1 unspecified atom stereocenters. The molecule has 0 saturated carbocycles. The van der Waals surface area contributed by atoms with Crippen molar-refractivity contribution in [3.8, 4) is 0 Å². The number of quaternary nitrogens is 2. The Hall–Kier alpha value is -0.880. The van der Waals surface area contributed by atoms with E-state index in [2.05, 4.69) is 12.2 Å². The quantitative estimate of drug-likeness (QED) is 0.0939. The molecule has 0 aromatic heterocycles. The summed E-state index contributed by atoms with van der Waals surface area (Å²) in [5, 5.41) is 57.3. The van der Waals surface area contributed by atoms with Crippen LogP contribution in [0.4, 0.5) is 0 Å². The van der Waals surface area contributed by atoms with Crippen LogP contribution < -0.4 is 0 Å². The van der Waals surface area contributed by atoms with Gasteiger partial charge < -0.3 is 44.5 Å². The molecule has 31 heavy (non-hydrogen) atoms. The number of hydrogen-bond acceptors (Lipinski definition) is 7. The van der Waals surface area contributed by atoms with Gasteiger partial charge in [0, 0.05) is 13.0 Å². The highest BCUT2D eigenvalue weighted by Crippen LogP contribution is 2.19. The van der Waals surface area contributed by atoms with Crippen LogP contribution in [-0.2, 0) is 0 Å². The highest BCUT2D eigenvalue weighted by atomic mass is 16.3. The average Bonchev–Trinajstić information content (AvgIpc) is 2.70. The molecule has 0 rings (SSSR count). The second kappa shape index (κ2) is 17.6. The standard InChI is InChI=1S/C22H47N3O6/c1-23(2)8-5-7-22(25(13-19-29,14-20-30)15-21-31)6-3-4-9-24(10-16-26,11-17-27)12-18-28/h3-5,7,22,26-31H,6,8-21H2,1-2H3/q+2. The fourth-order valence-electron chi connectivity index (χ4n) is 4.12. The van der Waals surface area contributed by atoms with Crippen LogP contribution >= 0.6 is 0 Å². The van der Waals surface area contributed by atoms with Crippen LogP contribution in [0.15, 0.2) is 24.3 Å². The summed E-state index contributed by atoms with van der Waals surface area (Å²) in [5.74, 6) is 0.